The molecule has 0 aliphatic carbocycles. The number of carbonyl (C=O) groups excluding carboxylic acids is 1. The first-order valence-electron chi connectivity index (χ1n) is 3.47. The maximum absolute atomic E-state index is 9.85. The Hall–Kier alpha value is 0.0674. The van der Waals surface area contributed by atoms with Gasteiger partial charge in [0.15, 0.2) is 0 Å². The summed E-state index contributed by atoms with van der Waals surface area (Å²) < 4.78 is 0. The maximum atomic E-state index is 9.85. The zero-order valence-electron chi connectivity index (χ0n) is 6.85. The van der Waals surface area contributed by atoms with Crippen LogP contribution in [0, 0.1) is 0 Å². The number of carboxylic acids is 1. The van der Waals surface area contributed by atoms with Gasteiger partial charge in [-0.15, -0.1) is 0 Å². The van der Waals surface area contributed by atoms with Gasteiger partial charge in [0.2, 0.25) is 0 Å². The van der Waals surface area contributed by atoms with Crippen molar-refractivity contribution in [3.8, 4) is 0 Å². The molecule has 0 spiro atoms. The minimum absolute atomic E-state index is 0. The molecule has 0 unspecified atom stereocenters. The Morgan fingerprint density at radius 1 is 1.30 bits per heavy atom. The predicted molar refractivity (Wildman–Crippen MR) is 33.8 cm³/mol. The fourth-order valence-corrected chi connectivity index (χ4v) is 0.696. The minimum Gasteiger partial charge on any atom is -0.550 e. The van der Waals surface area contributed by atoms with E-state index in [0.29, 0.717) is 0 Å². The van der Waals surface area contributed by atoms with Gasteiger partial charge in [-0.3, -0.25) is 0 Å². The molecular weight excluding hydrogens is 123 g/mol. The van der Waals surface area contributed by atoms with Crippen LogP contribution >= 0.6 is 0 Å². The monoisotopic (exact) mass is 136 g/mol. The number of hydrogen-bond acceptors (Lipinski definition) is 2. The summed E-state index contributed by atoms with van der Waals surface area (Å²) in [7, 11) is 0. The standard InChI is InChI=1S/C7H14O2.Li/c1-2-3-4-5-6-7(8)9;/h2-6H2,1H3,(H,8,9);/q;+1/p-1. The summed E-state index contributed by atoms with van der Waals surface area (Å²) >= 11 is 0. The molecule has 0 saturated carbocycles. The molecule has 0 saturated heterocycles. The average molecular weight is 136 g/mol. The van der Waals surface area contributed by atoms with Gasteiger partial charge in [0.05, 0.1) is 0 Å². The summed E-state index contributed by atoms with van der Waals surface area (Å²) in [6.45, 7) is 2.10. The molecule has 0 bridgehead atoms. The molecule has 2 nitrogen and oxygen atoms in total. The maximum Gasteiger partial charge on any atom is 1.00 e. The van der Waals surface area contributed by atoms with Crippen LogP contribution in [0.15, 0.2) is 0 Å². The fraction of sp³-hybridized carbons (Fsp3) is 0.857. The van der Waals surface area contributed by atoms with Gasteiger partial charge in [0.25, 0.3) is 0 Å². The summed E-state index contributed by atoms with van der Waals surface area (Å²) in [5, 5.41) is 9.85. The molecule has 10 heavy (non-hydrogen) atoms. The fourth-order valence-electron chi connectivity index (χ4n) is 0.696. The van der Waals surface area contributed by atoms with Crippen LogP contribution in [0.5, 0.6) is 0 Å². The molecule has 0 amide bonds. The van der Waals surface area contributed by atoms with E-state index in [1.54, 1.807) is 0 Å². The molecule has 0 rings (SSSR count). The molecule has 0 heterocycles. The number of carboxylic acid groups (broad SMARTS) is 1. The number of hydrogen-bond donors (Lipinski definition) is 0. The Morgan fingerprint density at radius 2 is 1.90 bits per heavy atom. The molecule has 0 aliphatic heterocycles. The topological polar surface area (TPSA) is 40.1 Å². The van der Waals surface area contributed by atoms with Crippen LogP contribution in [0.4, 0.5) is 0 Å². The summed E-state index contributed by atoms with van der Waals surface area (Å²) in [6.07, 6.45) is 4.29. The van der Waals surface area contributed by atoms with Crippen molar-refractivity contribution in [2.45, 2.75) is 39.0 Å². The van der Waals surface area contributed by atoms with E-state index in [9.17, 15) is 9.90 Å². The zero-order chi connectivity index (χ0) is 7.11. The van der Waals surface area contributed by atoms with Gasteiger partial charge in [0, 0.05) is 5.97 Å². The molecular formula is C7H13LiO2. The van der Waals surface area contributed by atoms with Gasteiger partial charge in [-0.1, -0.05) is 26.2 Å². The third-order valence-electron chi connectivity index (χ3n) is 1.23. The molecule has 0 N–H and O–H groups in total. The van der Waals surface area contributed by atoms with Gasteiger partial charge in [0.1, 0.15) is 0 Å². The van der Waals surface area contributed by atoms with Crippen molar-refractivity contribution in [3.05, 3.63) is 0 Å². The second-order valence-corrected chi connectivity index (χ2v) is 2.18. The van der Waals surface area contributed by atoms with Crippen LogP contribution in [0.2, 0.25) is 0 Å². The number of unbranched alkanes of at least 4 members (excludes halogenated alkanes) is 3. The summed E-state index contributed by atoms with van der Waals surface area (Å²) in [5.41, 5.74) is 0. The molecule has 0 aliphatic rings. The molecule has 0 aromatic carbocycles. The molecule has 3 heteroatoms. The Labute approximate surface area is 74.2 Å². The second-order valence-electron chi connectivity index (χ2n) is 2.18. The van der Waals surface area contributed by atoms with E-state index >= 15 is 0 Å². The number of carbonyl (C=O) groups is 1. The molecule has 0 fully saturated rings. The van der Waals surface area contributed by atoms with Crippen molar-refractivity contribution in [1.29, 1.82) is 0 Å². The van der Waals surface area contributed by atoms with Crippen LogP contribution in [-0.2, 0) is 4.79 Å². The minimum atomic E-state index is -0.925. The molecule has 0 radical (unpaired) electrons. The smallest absolute Gasteiger partial charge is 0.550 e. The normalized spacial score (nSPS) is 8.50. The molecule has 0 aromatic rings. The van der Waals surface area contributed by atoms with Crippen LogP contribution < -0.4 is 24.0 Å². The van der Waals surface area contributed by atoms with Crippen molar-refractivity contribution < 1.29 is 28.8 Å². The molecule has 0 aromatic heterocycles. The van der Waals surface area contributed by atoms with E-state index in [-0.39, 0.29) is 25.3 Å². The SMILES string of the molecule is CCCCCCC(=O)[O-].[Li+]. The first-order chi connectivity index (χ1) is 4.27. The van der Waals surface area contributed by atoms with Crippen molar-refractivity contribution >= 4 is 5.97 Å². The van der Waals surface area contributed by atoms with E-state index in [1.165, 1.54) is 0 Å². The van der Waals surface area contributed by atoms with Crippen molar-refractivity contribution in [3.63, 3.8) is 0 Å². The summed E-state index contributed by atoms with van der Waals surface area (Å²) in [4.78, 5) is 9.85. The Balaban J connectivity index is 0. The van der Waals surface area contributed by atoms with E-state index in [0.717, 1.165) is 25.7 Å². The first-order valence-corrected chi connectivity index (χ1v) is 3.47. The van der Waals surface area contributed by atoms with Crippen LogP contribution in [0.1, 0.15) is 39.0 Å². The zero-order valence-corrected chi connectivity index (χ0v) is 6.85. The van der Waals surface area contributed by atoms with Gasteiger partial charge < -0.3 is 9.90 Å². The van der Waals surface area contributed by atoms with E-state index in [1.807, 2.05) is 0 Å². The van der Waals surface area contributed by atoms with Crippen molar-refractivity contribution in [2.24, 2.45) is 0 Å². The molecule has 0 atom stereocenters. The summed E-state index contributed by atoms with van der Waals surface area (Å²) in [6, 6.07) is 0. The predicted octanol–water partition coefficient (Wildman–Crippen LogP) is -2.29. The van der Waals surface area contributed by atoms with Gasteiger partial charge in [-0.2, -0.15) is 0 Å². The number of aliphatic carboxylic acids is 1. The largest absolute Gasteiger partial charge is 1.00 e. The van der Waals surface area contributed by atoms with Crippen LogP contribution in [-0.4, -0.2) is 5.97 Å². The van der Waals surface area contributed by atoms with Gasteiger partial charge in [-0.05, 0) is 12.8 Å². The van der Waals surface area contributed by atoms with Crippen LogP contribution in [0.3, 0.4) is 0 Å². The second kappa shape index (κ2) is 9.07. The van der Waals surface area contributed by atoms with Gasteiger partial charge in [-0.25, -0.2) is 0 Å². The quantitative estimate of drug-likeness (QED) is 0.315. The molecule has 54 valence electrons. The number of rotatable bonds is 5. The Bertz CT molecular complexity index is 83.7. The third-order valence-corrected chi connectivity index (χ3v) is 1.23. The van der Waals surface area contributed by atoms with Crippen molar-refractivity contribution in [2.75, 3.05) is 0 Å². The van der Waals surface area contributed by atoms with Crippen molar-refractivity contribution in [1.82, 2.24) is 0 Å². The Kier molecular flexibility index (Phi) is 11.5. The van der Waals surface area contributed by atoms with E-state index in [2.05, 4.69) is 6.92 Å². The van der Waals surface area contributed by atoms with Crippen LogP contribution in [0.25, 0.3) is 0 Å². The van der Waals surface area contributed by atoms with E-state index < -0.39 is 5.97 Å². The summed E-state index contributed by atoms with van der Waals surface area (Å²) in [5.74, 6) is -0.925. The Morgan fingerprint density at radius 3 is 2.30 bits per heavy atom. The third kappa shape index (κ3) is 10.9. The van der Waals surface area contributed by atoms with E-state index in [4.69, 9.17) is 0 Å². The average Bonchev–Trinajstić information content (AvgIpc) is 1.80. The van der Waals surface area contributed by atoms with Gasteiger partial charge >= 0.3 is 18.9 Å². The first kappa shape index (κ1) is 12.7.